The van der Waals surface area contributed by atoms with Crippen LogP contribution >= 0.6 is 0 Å². The summed E-state index contributed by atoms with van der Waals surface area (Å²) in [5.41, 5.74) is 0.357. The third kappa shape index (κ3) is 4.46. The van der Waals surface area contributed by atoms with Gasteiger partial charge in [-0.1, -0.05) is 33.6 Å². The molecule has 3 unspecified atom stereocenters. The topological polar surface area (TPSA) is 23.5 Å². The fourth-order valence-electron chi connectivity index (χ4n) is 3.82. The lowest BCUT2D eigenvalue weighted by molar-refractivity contribution is -0.00263. The summed E-state index contributed by atoms with van der Waals surface area (Å²) in [5, 5.41) is 10.0. The second kappa shape index (κ2) is 6.13. The van der Waals surface area contributed by atoms with E-state index in [1.807, 2.05) is 0 Å². The minimum atomic E-state index is -0.0746. The zero-order valence-corrected chi connectivity index (χ0v) is 13.4. The Hall–Kier alpha value is -0.0800. The molecule has 2 aliphatic carbocycles. The van der Waals surface area contributed by atoms with Gasteiger partial charge in [0.2, 0.25) is 0 Å². The van der Waals surface area contributed by atoms with Gasteiger partial charge < -0.3 is 10.0 Å². The smallest absolute Gasteiger partial charge is 0.0555 e. The molecule has 2 nitrogen and oxygen atoms in total. The number of aliphatic hydroxyl groups excluding tert-OH is 1. The minimum Gasteiger partial charge on any atom is -0.393 e. The number of aliphatic hydroxyl groups is 1. The molecule has 19 heavy (non-hydrogen) atoms. The third-order valence-electron chi connectivity index (χ3n) is 5.29. The summed E-state index contributed by atoms with van der Waals surface area (Å²) in [4.78, 5) is 2.54. The fraction of sp³-hybridized carbons (Fsp3) is 1.00. The zero-order chi connectivity index (χ0) is 14.0. The van der Waals surface area contributed by atoms with Crippen molar-refractivity contribution in [3.63, 3.8) is 0 Å². The number of nitrogens with zero attached hydrogens (tertiary/aromatic N) is 1. The molecule has 2 saturated carbocycles. The average Bonchev–Trinajstić information content (AvgIpc) is 3.11. The van der Waals surface area contributed by atoms with Gasteiger partial charge in [0.25, 0.3) is 0 Å². The number of rotatable bonds is 5. The molecule has 2 rings (SSSR count). The molecule has 2 fully saturated rings. The van der Waals surface area contributed by atoms with Gasteiger partial charge in [0.05, 0.1) is 6.10 Å². The van der Waals surface area contributed by atoms with Crippen LogP contribution < -0.4 is 0 Å². The van der Waals surface area contributed by atoms with E-state index in [1.54, 1.807) is 0 Å². The van der Waals surface area contributed by atoms with Crippen molar-refractivity contribution in [2.75, 3.05) is 13.6 Å². The molecule has 2 heteroatoms. The highest BCUT2D eigenvalue weighted by atomic mass is 16.3. The first kappa shape index (κ1) is 15.3. The summed E-state index contributed by atoms with van der Waals surface area (Å²) in [6, 6.07) is 0.572. The minimum absolute atomic E-state index is 0.0746. The number of hydrogen-bond acceptors (Lipinski definition) is 2. The van der Waals surface area contributed by atoms with Crippen molar-refractivity contribution < 1.29 is 5.11 Å². The highest BCUT2D eigenvalue weighted by Gasteiger charge is 2.38. The van der Waals surface area contributed by atoms with Gasteiger partial charge in [-0.25, -0.2) is 0 Å². The van der Waals surface area contributed by atoms with E-state index < -0.39 is 0 Å². The van der Waals surface area contributed by atoms with Crippen LogP contribution in [0.15, 0.2) is 0 Å². The molecule has 3 atom stereocenters. The van der Waals surface area contributed by atoms with Crippen molar-refractivity contribution in [1.29, 1.82) is 0 Å². The monoisotopic (exact) mass is 267 g/mol. The first-order chi connectivity index (χ1) is 8.88. The molecule has 0 aromatic heterocycles. The van der Waals surface area contributed by atoms with Crippen LogP contribution in [0.3, 0.4) is 0 Å². The first-order valence-electron chi connectivity index (χ1n) is 8.26. The Bertz CT molecular complexity index is 279. The van der Waals surface area contributed by atoms with Crippen LogP contribution in [-0.4, -0.2) is 35.7 Å². The maximum atomic E-state index is 10.0. The van der Waals surface area contributed by atoms with Gasteiger partial charge in [0, 0.05) is 6.04 Å². The van der Waals surface area contributed by atoms with E-state index in [0.717, 1.165) is 24.7 Å². The van der Waals surface area contributed by atoms with Crippen molar-refractivity contribution in [3.8, 4) is 0 Å². The number of hydrogen-bond donors (Lipinski definition) is 1. The van der Waals surface area contributed by atoms with Crippen molar-refractivity contribution in [3.05, 3.63) is 0 Å². The van der Waals surface area contributed by atoms with Crippen LogP contribution in [0, 0.1) is 17.3 Å². The Kier molecular flexibility index (Phi) is 4.94. The molecule has 1 N–H and O–H groups in total. The van der Waals surface area contributed by atoms with E-state index in [4.69, 9.17) is 0 Å². The normalized spacial score (nSPS) is 32.8. The SMILES string of the molecule is CN(CCCC1CC1)C1CC(O)CCC1C(C)(C)C. The summed E-state index contributed by atoms with van der Waals surface area (Å²) in [7, 11) is 2.27. The summed E-state index contributed by atoms with van der Waals surface area (Å²) >= 11 is 0. The van der Waals surface area contributed by atoms with Gasteiger partial charge >= 0.3 is 0 Å². The fourth-order valence-corrected chi connectivity index (χ4v) is 3.82. The molecule has 0 bridgehead atoms. The van der Waals surface area contributed by atoms with Crippen LogP contribution in [0.5, 0.6) is 0 Å². The van der Waals surface area contributed by atoms with E-state index in [9.17, 15) is 5.11 Å². The molecule has 0 saturated heterocycles. The van der Waals surface area contributed by atoms with E-state index in [1.165, 1.54) is 38.6 Å². The first-order valence-corrected chi connectivity index (χ1v) is 8.26. The molecule has 112 valence electrons. The zero-order valence-electron chi connectivity index (χ0n) is 13.4. The van der Waals surface area contributed by atoms with Crippen LogP contribution in [0.4, 0.5) is 0 Å². The van der Waals surface area contributed by atoms with Crippen molar-refractivity contribution in [2.45, 2.75) is 77.9 Å². The summed E-state index contributed by atoms with van der Waals surface area (Å²) in [6.07, 6.45) is 8.77. The largest absolute Gasteiger partial charge is 0.393 e. The molecule has 0 heterocycles. The van der Waals surface area contributed by atoms with Crippen LogP contribution in [0.25, 0.3) is 0 Å². The molecule has 0 radical (unpaired) electrons. The Morgan fingerprint density at radius 3 is 2.37 bits per heavy atom. The highest BCUT2D eigenvalue weighted by Crippen LogP contribution is 2.40. The van der Waals surface area contributed by atoms with Crippen molar-refractivity contribution in [2.24, 2.45) is 17.3 Å². The quantitative estimate of drug-likeness (QED) is 0.821. The van der Waals surface area contributed by atoms with Gasteiger partial charge in [-0.15, -0.1) is 0 Å². The Labute approximate surface area is 119 Å². The van der Waals surface area contributed by atoms with Gasteiger partial charge in [-0.05, 0) is 62.9 Å². The lowest BCUT2D eigenvalue weighted by Crippen LogP contribution is -2.48. The van der Waals surface area contributed by atoms with Gasteiger partial charge in [0.1, 0.15) is 0 Å². The second-order valence-corrected chi connectivity index (χ2v) is 8.07. The molecular weight excluding hydrogens is 234 g/mol. The van der Waals surface area contributed by atoms with Crippen LogP contribution in [-0.2, 0) is 0 Å². The maximum Gasteiger partial charge on any atom is 0.0555 e. The maximum absolute atomic E-state index is 10.0. The van der Waals surface area contributed by atoms with Crippen LogP contribution in [0.2, 0.25) is 0 Å². The summed E-state index contributed by atoms with van der Waals surface area (Å²) in [6.45, 7) is 8.29. The molecule has 0 amide bonds. The lowest BCUT2D eigenvalue weighted by atomic mass is 9.68. The van der Waals surface area contributed by atoms with Gasteiger partial charge in [-0.2, -0.15) is 0 Å². The lowest BCUT2D eigenvalue weighted by Gasteiger charge is -2.46. The Balaban J connectivity index is 1.87. The molecule has 0 spiro atoms. The molecule has 2 aliphatic rings. The summed E-state index contributed by atoms with van der Waals surface area (Å²) in [5.74, 6) is 1.77. The highest BCUT2D eigenvalue weighted by molar-refractivity contribution is 4.91. The second-order valence-electron chi connectivity index (χ2n) is 8.07. The Morgan fingerprint density at radius 1 is 1.11 bits per heavy atom. The standard InChI is InChI=1S/C17H33NO/c1-17(2,3)15-10-9-14(19)12-16(15)18(4)11-5-6-13-7-8-13/h13-16,19H,5-12H2,1-4H3. The van der Waals surface area contributed by atoms with Crippen molar-refractivity contribution >= 4 is 0 Å². The van der Waals surface area contributed by atoms with E-state index >= 15 is 0 Å². The summed E-state index contributed by atoms with van der Waals surface area (Å²) < 4.78 is 0. The van der Waals surface area contributed by atoms with Gasteiger partial charge in [0.15, 0.2) is 0 Å². The Morgan fingerprint density at radius 2 is 1.79 bits per heavy atom. The van der Waals surface area contributed by atoms with E-state index in [0.29, 0.717) is 11.5 Å². The van der Waals surface area contributed by atoms with Crippen molar-refractivity contribution in [1.82, 2.24) is 4.90 Å². The van der Waals surface area contributed by atoms with Crippen LogP contribution in [0.1, 0.15) is 65.7 Å². The molecule has 0 aliphatic heterocycles. The van der Waals surface area contributed by atoms with E-state index in [-0.39, 0.29) is 6.10 Å². The predicted molar refractivity (Wildman–Crippen MR) is 81.2 cm³/mol. The molecule has 0 aromatic rings. The van der Waals surface area contributed by atoms with Gasteiger partial charge in [-0.3, -0.25) is 0 Å². The van der Waals surface area contributed by atoms with E-state index in [2.05, 4.69) is 32.7 Å². The molecular formula is C17H33NO. The average molecular weight is 267 g/mol. The predicted octanol–water partition coefficient (Wildman–Crippen LogP) is 3.68. The molecule has 0 aromatic carbocycles. The third-order valence-corrected chi connectivity index (χ3v) is 5.29.